The maximum absolute atomic E-state index is 12.6. The molecule has 1 N–H and O–H groups in total. The molecule has 0 aliphatic carbocycles. The summed E-state index contributed by atoms with van der Waals surface area (Å²) in [4.78, 5) is 21.6. The second kappa shape index (κ2) is 7.94. The molecule has 2 fully saturated rings. The van der Waals surface area contributed by atoms with Gasteiger partial charge < -0.3 is 10.0 Å². The average Bonchev–Trinajstić information content (AvgIpc) is 2.71. The van der Waals surface area contributed by atoms with Gasteiger partial charge in [0, 0.05) is 44.5 Å². The van der Waals surface area contributed by atoms with Crippen LogP contribution in [-0.2, 0) is 9.84 Å². The molecule has 1 aromatic carbocycles. The van der Waals surface area contributed by atoms with Crippen LogP contribution in [0.25, 0.3) is 10.9 Å². The summed E-state index contributed by atoms with van der Waals surface area (Å²) in [6, 6.07) is 5.87. The second-order valence-electron chi connectivity index (χ2n) is 8.89. The Morgan fingerprint density at radius 2 is 1.80 bits per heavy atom. The summed E-state index contributed by atoms with van der Waals surface area (Å²) in [6.07, 6.45) is 2.25. The first-order valence-electron chi connectivity index (χ1n) is 10.6. The lowest BCUT2D eigenvalue weighted by molar-refractivity contribution is -0.00606. The second-order valence-corrected chi connectivity index (χ2v) is 11.2. The first-order valence-corrected chi connectivity index (χ1v) is 12.4. The summed E-state index contributed by atoms with van der Waals surface area (Å²) < 4.78 is 24.9. The van der Waals surface area contributed by atoms with Gasteiger partial charge in [-0.05, 0) is 44.9 Å². The normalized spacial score (nSPS) is 21.9. The molecule has 0 saturated carbocycles. The maximum Gasteiger partial charge on any atom is 0.261 e. The number of aromatic nitrogens is 2. The molecule has 2 saturated heterocycles. The van der Waals surface area contributed by atoms with Gasteiger partial charge in [0.15, 0.2) is 9.84 Å². The smallest absolute Gasteiger partial charge is 0.261 e. The lowest BCUT2D eigenvalue weighted by atomic mass is 9.96. The van der Waals surface area contributed by atoms with E-state index in [1.54, 1.807) is 10.9 Å². The largest absolute Gasteiger partial charge is 0.388 e. The lowest BCUT2D eigenvalue weighted by Gasteiger charge is -2.41. The molecule has 0 atom stereocenters. The summed E-state index contributed by atoms with van der Waals surface area (Å²) in [7, 11) is -2.98. The van der Waals surface area contributed by atoms with E-state index in [1.807, 2.05) is 32.0 Å². The number of nitrogens with zero attached hydrogens (tertiary/aromatic N) is 4. The number of anilines is 1. The highest BCUT2D eigenvalue weighted by molar-refractivity contribution is 7.91. The van der Waals surface area contributed by atoms with Crippen molar-refractivity contribution in [2.75, 3.05) is 49.1 Å². The Hall–Kier alpha value is -1.97. The molecule has 8 nitrogen and oxygen atoms in total. The van der Waals surface area contributed by atoms with Crippen LogP contribution in [-0.4, -0.2) is 77.8 Å². The Morgan fingerprint density at radius 3 is 2.43 bits per heavy atom. The summed E-state index contributed by atoms with van der Waals surface area (Å²) >= 11 is 0. The quantitative estimate of drug-likeness (QED) is 0.768. The number of aliphatic hydroxyl groups is 1. The Morgan fingerprint density at radius 1 is 1.13 bits per heavy atom. The third-order valence-electron chi connectivity index (χ3n) is 6.34. The summed E-state index contributed by atoms with van der Waals surface area (Å²) in [5, 5.41) is 11.4. The van der Waals surface area contributed by atoms with Crippen molar-refractivity contribution in [3.63, 3.8) is 0 Å². The van der Waals surface area contributed by atoms with Gasteiger partial charge in [-0.3, -0.25) is 14.3 Å². The van der Waals surface area contributed by atoms with Crippen LogP contribution in [0.2, 0.25) is 0 Å². The molecule has 3 heterocycles. The fourth-order valence-corrected chi connectivity index (χ4v) is 5.93. The third kappa shape index (κ3) is 4.38. The molecule has 0 spiro atoms. The molecule has 4 rings (SSSR count). The van der Waals surface area contributed by atoms with Crippen molar-refractivity contribution in [3.05, 3.63) is 34.9 Å². The molecule has 164 valence electrons. The van der Waals surface area contributed by atoms with Crippen LogP contribution in [0.15, 0.2) is 29.3 Å². The molecule has 9 heteroatoms. The molecular formula is C21H30N4O4S. The van der Waals surface area contributed by atoms with Crippen molar-refractivity contribution in [2.24, 2.45) is 0 Å². The molecule has 30 heavy (non-hydrogen) atoms. The van der Waals surface area contributed by atoms with Crippen molar-refractivity contribution in [1.29, 1.82) is 0 Å². The van der Waals surface area contributed by atoms with E-state index in [0.717, 1.165) is 31.9 Å². The molecular weight excluding hydrogens is 404 g/mol. The first kappa shape index (κ1) is 21.3. The van der Waals surface area contributed by atoms with Crippen LogP contribution in [0.5, 0.6) is 0 Å². The van der Waals surface area contributed by atoms with E-state index in [-0.39, 0.29) is 23.1 Å². The molecule has 0 amide bonds. The van der Waals surface area contributed by atoms with Gasteiger partial charge in [0.2, 0.25) is 0 Å². The highest BCUT2D eigenvalue weighted by atomic mass is 32.2. The number of benzene rings is 1. The maximum atomic E-state index is 12.6. The molecule has 1 aromatic heterocycles. The Balaban J connectivity index is 1.41. The highest BCUT2D eigenvalue weighted by Crippen LogP contribution is 2.26. The minimum absolute atomic E-state index is 0.0193. The summed E-state index contributed by atoms with van der Waals surface area (Å²) in [5.41, 5.74) is 0.818. The van der Waals surface area contributed by atoms with Crippen LogP contribution in [0.3, 0.4) is 0 Å². The van der Waals surface area contributed by atoms with E-state index in [9.17, 15) is 18.3 Å². The van der Waals surface area contributed by atoms with E-state index >= 15 is 0 Å². The van der Waals surface area contributed by atoms with Crippen molar-refractivity contribution in [3.8, 4) is 0 Å². The van der Waals surface area contributed by atoms with E-state index in [2.05, 4.69) is 14.8 Å². The number of β-amino-alcohol motifs (C(OH)–C–C–N with tert-alkyl or cyclic N) is 1. The number of piperazine rings is 1. The summed E-state index contributed by atoms with van der Waals surface area (Å²) in [6.45, 7) is 7.66. The zero-order valence-electron chi connectivity index (χ0n) is 17.6. The van der Waals surface area contributed by atoms with Crippen LogP contribution < -0.4 is 10.5 Å². The number of fused-ring (bicyclic) bond motifs is 1. The van der Waals surface area contributed by atoms with Crippen LogP contribution in [0.1, 0.15) is 32.7 Å². The van der Waals surface area contributed by atoms with Gasteiger partial charge in [-0.25, -0.2) is 13.4 Å². The van der Waals surface area contributed by atoms with Crippen LogP contribution in [0.4, 0.5) is 5.69 Å². The zero-order chi connectivity index (χ0) is 21.5. The zero-order valence-corrected chi connectivity index (χ0v) is 18.4. The van der Waals surface area contributed by atoms with Gasteiger partial charge in [-0.1, -0.05) is 0 Å². The average molecular weight is 435 g/mol. The monoisotopic (exact) mass is 434 g/mol. The SMILES string of the molecule is CC(C)n1cnc2cc(N3CCN(CC4(O)CCS(=O)(=O)CC4)CC3)ccc2c1=O. The van der Waals surface area contributed by atoms with E-state index in [4.69, 9.17) is 0 Å². The van der Waals surface area contributed by atoms with Gasteiger partial charge in [0.25, 0.3) is 5.56 Å². The van der Waals surface area contributed by atoms with Gasteiger partial charge >= 0.3 is 0 Å². The minimum atomic E-state index is -2.98. The van der Waals surface area contributed by atoms with E-state index in [0.29, 0.717) is 30.3 Å². The fourth-order valence-electron chi connectivity index (χ4n) is 4.34. The predicted molar refractivity (Wildman–Crippen MR) is 118 cm³/mol. The topological polar surface area (TPSA) is 95.7 Å². The Bertz CT molecular complexity index is 1070. The number of hydrogen-bond donors (Lipinski definition) is 1. The molecule has 2 aromatic rings. The van der Waals surface area contributed by atoms with Crippen LogP contribution in [0, 0.1) is 0 Å². The standard InChI is InChI=1S/C21H30N4O4S/c1-16(2)25-15-22-19-13-17(3-4-18(19)20(25)26)24-9-7-23(8-10-24)14-21(27)5-11-30(28,29)12-6-21/h3-4,13,15-16,27H,5-12,14H2,1-2H3. The van der Waals surface area contributed by atoms with Crippen molar-refractivity contribution in [2.45, 2.75) is 38.3 Å². The van der Waals surface area contributed by atoms with Crippen molar-refractivity contribution in [1.82, 2.24) is 14.5 Å². The number of sulfone groups is 1. The van der Waals surface area contributed by atoms with Gasteiger partial charge in [-0.2, -0.15) is 0 Å². The van der Waals surface area contributed by atoms with E-state index < -0.39 is 15.4 Å². The number of hydrogen-bond acceptors (Lipinski definition) is 7. The van der Waals surface area contributed by atoms with Crippen LogP contribution >= 0.6 is 0 Å². The molecule has 0 unspecified atom stereocenters. The highest BCUT2D eigenvalue weighted by Gasteiger charge is 2.37. The lowest BCUT2D eigenvalue weighted by Crippen LogP contribution is -2.54. The predicted octanol–water partition coefficient (Wildman–Crippen LogP) is 1.04. The molecule has 0 radical (unpaired) electrons. The summed E-state index contributed by atoms with van der Waals surface area (Å²) in [5.74, 6) is 0.151. The Kier molecular flexibility index (Phi) is 5.63. The van der Waals surface area contributed by atoms with Crippen molar-refractivity contribution < 1.29 is 13.5 Å². The first-order chi connectivity index (χ1) is 14.2. The van der Waals surface area contributed by atoms with Gasteiger partial charge in [-0.15, -0.1) is 0 Å². The third-order valence-corrected chi connectivity index (χ3v) is 7.99. The van der Waals surface area contributed by atoms with Gasteiger partial charge in [0.05, 0.1) is 34.3 Å². The molecule has 2 aliphatic rings. The molecule has 2 aliphatic heterocycles. The van der Waals surface area contributed by atoms with E-state index in [1.165, 1.54) is 0 Å². The fraction of sp³-hybridized carbons (Fsp3) is 0.619. The molecule has 0 bridgehead atoms. The van der Waals surface area contributed by atoms with Gasteiger partial charge in [0.1, 0.15) is 0 Å². The number of rotatable bonds is 4. The van der Waals surface area contributed by atoms with Crippen molar-refractivity contribution >= 4 is 26.4 Å². The minimum Gasteiger partial charge on any atom is -0.388 e. The Labute approximate surface area is 177 Å².